The molecule has 0 spiro atoms. The van der Waals surface area contributed by atoms with Gasteiger partial charge in [-0.15, -0.1) is 0 Å². The minimum Gasteiger partial charge on any atom is -0.351 e. The molecular weight excluding hydrogens is 379 g/mol. The first-order chi connectivity index (χ1) is 12.5. The zero-order valence-corrected chi connectivity index (χ0v) is 15.1. The van der Waals surface area contributed by atoms with Gasteiger partial charge in [0.25, 0.3) is 5.91 Å². The molecule has 0 fully saturated rings. The van der Waals surface area contributed by atoms with Crippen molar-refractivity contribution in [2.75, 3.05) is 18.4 Å². The molecule has 0 atom stereocenters. The summed E-state index contributed by atoms with van der Waals surface area (Å²) in [5, 5.41) is 8.18. The molecular formula is C17H16Cl2N4O3. The fraction of sp³-hybridized carbons (Fsp3) is 0.176. The summed E-state index contributed by atoms with van der Waals surface area (Å²) in [5.41, 5.74) is 0.680. The van der Waals surface area contributed by atoms with Gasteiger partial charge in [-0.1, -0.05) is 29.3 Å². The number of nitrogens with one attached hydrogen (secondary N) is 3. The standard InChI is InChI=1S/C17H16Cl2N4O3/c18-12-6-5-11(10-13(12)19)23-17(26)16(25)22-9-3-8-21-15(24)14-4-1-2-7-20-14/h1-2,4-7,10H,3,8-9H2,(H,21,24)(H,22,25)(H,23,26). The zero-order valence-electron chi connectivity index (χ0n) is 13.6. The van der Waals surface area contributed by atoms with Crippen LogP contribution in [0.1, 0.15) is 16.9 Å². The lowest BCUT2D eigenvalue weighted by molar-refractivity contribution is -0.136. The van der Waals surface area contributed by atoms with Crippen LogP contribution in [0, 0.1) is 0 Å². The van der Waals surface area contributed by atoms with Gasteiger partial charge >= 0.3 is 11.8 Å². The average molecular weight is 395 g/mol. The Bertz CT molecular complexity index is 800. The number of pyridine rings is 1. The number of amides is 3. The Morgan fingerprint density at radius 2 is 1.69 bits per heavy atom. The fourth-order valence-corrected chi connectivity index (χ4v) is 2.22. The molecule has 2 rings (SSSR count). The molecule has 0 aliphatic rings. The van der Waals surface area contributed by atoms with Crippen LogP contribution in [0.4, 0.5) is 5.69 Å². The topological polar surface area (TPSA) is 100 Å². The Labute approximate surface area is 160 Å². The molecule has 0 radical (unpaired) electrons. The predicted octanol–water partition coefficient (Wildman–Crippen LogP) is 2.26. The van der Waals surface area contributed by atoms with Crippen LogP contribution in [-0.4, -0.2) is 35.8 Å². The monoisotopic (exact) mass is 394 g/mol. The number of aromatic nitrogens is 1. The van der Waals surface area contributed by atoms with Crippen molar-refractivity contribution in [1.82, 2.24) is 15.6 Å². The Morgan fingerprint density at radius 3 is 2.38 bits per heavy atom. The van der Waals surface area contributed by atoms with Gasteiger partial charge in [0.05, 0.1) is 10.0 Å². The van der Waals surface area contributed by atoms with E-state index < -0.39 is 11.8 Å². The van der Waals surface area contributed by atoms with Gasteiger partial charge in [-0.05, 0) is 36.8 Å². The minimum absolute atomic E-state index is 0.232. The first-order valence-corrected chi connectivity index (χ1v) is 8.46. The van der Waals surface area contributed by atoms with E-state index >= 15 is 0 Å². The summed E-state index contributed by atoms with van der Waals surface area (Å²) in [6, 6.07) is 9.53. The highest BCUT2D eigenvalue weighted by Gasteiger charge is 2.13. The highest BCUT2D eigenvalue weighted by molar-refractivity contribution is 6.42. The maximum atomic E-state index is 11.8. The van der Waals surface area contributed by atoms with Gasteiger partial charge in [0.2, 0.25) is 0 Å². The van der Waals surface area contributed by atoms with Crippen LogP contribution in [0.5, 0.6) is 0 Å². The molecule has 26 heavy (non-hydrogen) atoms. The van der Waals surface area contributed by atoms with E-state index in [0.29, 0.717) is 29.4 Å². The third kappa shape index (κ3) is 6.02. The summed E-state index contributed by atoms with van der Waals surface area (Å²) in [7, 11) is 0. The number of hydrogen-bond donors (Lipinski definition) is 3. The normalized spacial score (nSPS) is 10.1. The molecule has 0 unspecified atom stereocenters. The minimum atomic E-state index is -0.819. The van der Waals surface area contributed by atoms with Crippen LogP contribution in [0.2, 0.25) is 10.0 Å². The number of rotatable bonds is 6. The van der Waals surface area contributed by atoms with Gasteiger partial charge in [0, 0.05) is 25.0 Å². The second-order valence-corrected chi connectivity index (χ2v) is 5.98. The summed E-state index contributed by atoms with van der Waals surface area (Å²) >= 11 is 11.6. The van der Waals surface area contributed by atoms with Crippen molar-refractivity contribution in [2.24, 2.45) is 0 Å². The summed E-state index contributed by atoms with van der Waals surface area (Å²) in [6.45, 7) is 0.570. The van der Waals surface area contributed by atoms with Crippen molar-refractivity contribution in [3.05, 3.63) is 58.3 Å². The maximum absolute atomic E-state index is 11.8. The van der Waals surface area contributed by atoms with E-state index in [-0.39, 0.29) is 17.5 Å². The Balaban J connectivity index is 1.67. The molecule has 1 heterocycles. The lowest BCUT2D eigenvalue weighted by Gasteiger charge is -2.08. The van der Waals surface area contributed by atoms with E-state index in [1.807, 2.05) is 0 Å². The largest absolute Gasteiger partial charge is 0.351 e. The third-order valence-corrected chi connectivity index (χ3v) is 3.94. The number of carbonyl (C=O) groups is 3. The first-order valence-electron chi connectivity index (χ1n) is 7.71. The molecule has 3 N–H and O–H groups in total. The van der Waals surface area contributed by atoms with E-state index in [4.69, 9.17) is 23.2 Å². The third-order valence-electron chi connectivity index (χ3n) is 3.21. The number of carbonyl (C=O) groups excluding carboxylic acids is 3. The molecule has 7 nitrogen and oxygen atoms in total. The fourth-order valence-electron chi connectivity index (χ4n) is 1.92. The van der Waals surface area contributed by atoms with Gasteiger partial charge in [0.15, 0.2) is 0 Å². The second kappa shape index (κ2) is 9.74. The van der Waals surface area contributed by atoms with Gasteiger partial charge in [-0.3, -0.25) is 19.4 Å². The lowest BCUT2D eigenvalue weighted by Crippen LogP contribution is -2.37. The second-order valence-electron chi connectivity index (χ2n) is 5.16. The SMILES string of the molecule is O=C(NCCCNC(=O)c1ccccn1)C(=O)Nc1ccc(Cl)c(Cl)c1. The maximum Gasteiger partial charge on any atom is 0.313 e. The van der Waals surface area contributed by atoms with Crippen LogP contribution >= 0.6 is 23.2 Å². The molecule has 0 bridgehead atoms. The number of halogens is 2. The van der Waals surface area contributed by atoms with E-state index in [2.05, 4.69) is 20.9 Å². The van der Waals surface area contributed by atoms with Crippen molar-refractivity contribution >= 4 is 46.6 Å². The van der Waals surface area contributed by atoms with Gasteiger partial charge in [0.1, 0.15) is 5.69 Å². The predicted molar refractivity (Wildman–Crippen MR) is 99.3 cm³/mol. The van der Waals surface area contributed by atoms with Crippen LogP contribution in [0.3, 0.4) is 0 Å². The molecule has 0 aliphatic heterocycles. The van der Waals surface area contributed by atoms with Crippen LogP contribution < -0.4 is 16.0 Å². The quantitative estimate of drug-likeness (QED) is 0.516. The smallest absolute Gasteiger partial charge is 0.313 e. The van der Waals surface area contributed by atoms with Crippen molar-refractivity contribution in [3.63, 3.8) is 0 Å². The highest BCUT2D eigenvalue weighted by Crippen LogP contribution is 2.24. The highest BCUT2D eigenvalue weighted by atomic mass is 35.5. The molecule has 0 saturated heterocycles. The Kier molecular flexibility index (Phi) is 7.37. The van der Waals surface area contributed by atoms with Crippen molar-refractivity contribution < 1.29 is 14.4 Å². The van der Waals surface area contributed by atoms with Gasteiger partial charge < -0.3 is 16.0 Å². The average Bonchev–Trinajstić information content (AvgIpc) is 2.64. The first kappa shape index (κ1) is 19.7. The molecule has 0 aliphatic carbocycles. The molecule has 136 valence electrons. The number of nitrogens with zero attached hydrogens (tertiary/aromatic N) is 1. The molecule has 2 aromatic rings. The summed E-state index contributed by atoms with van der Waals surface area (Å²) in [6.07, 6.45) is 1.99. The molecule has 0 saturated carbocycles. The van der Waals surface area contributed by atoms with Crippen LogP contribution in [-0.2, 0) is 9.59 Å². The van der Waals surface area contributed by atoms with Crippen LogP contribution in [0.25, 0.3) is 0 Å². The summed E-state index contributed by atoms with van der Waals surface area (Å²) in [5.74, 6) is -1.90. The Morgan fingerprint density at radius 1 is 0.923 bits per heavy atom. The van der Waals surface area contributed by atoms with Crippen molar-refractivity contribution in [2.45, 2.75) is 6.42 Å². The summed E-state index contributed by atoms with van der Waals surface area (Å²) in [4.78, 5) is 39.2. The lowest BCUT2D eigenvalue weighted by atomic mass is 10.3. The zero-order chi connectivity index (χ0) is 18.9. The van der Waals surface area contributed by atoms with E-state index in [0.717, 1.165) is 0 Å². The van der Waals surface area contributed by atoms with Gasteiger partial charge in [-0.2, -0.15) is 0 Å². The van der Waals surface area contributed by atoms with Gasteiger partial charge in [-0.25, -0.2) is 0 Å². The number of anilines is 1. The van der Waals surface area contributed by atoms with Crippen molar-refractivity contribution in [1.29, 1.82) is 0 Å². The van der Waals surface area contributed by atoms with Crippen molar-refractivity contribution in [3.8, 4) is 0 Å². The van der Waals surface area contributed by atoms with E-state index in [9.17, 15) is 14.4 Å². The van der Waals surface area contributed by atoms with E-state index in [1.54, 1.807) is 18.2 Å². The van der Waals surface area contributed by atoms with E-state index in [1.165, 1.54) is 24.4 Å². The molecule has 1 aromatic heterocycles. The Hall–Kier alpha value is -2.64. The van der Waals surface area contributed by atoms with Crippen LogP contribution in [0.15, 0.2) is 42.6 Å². The number of hydrogen-bond acceptors (Lipinski definition) is 4. The summed E-state index contributed by atoms with van der Waals surface area (Å²) < 4.78 is 0. The molecule has 3 amide bonds. The molecule has 9 heteroatoms. The number of benzene rings is 1. The molecule has 1 aromatic carbocycles.